The molecule has 4 aromatic rings. The van der Waals surface area contributed by atoms with Crippen molar-refractivity contribution in [2.24, 2.45) is 5.16 Å². The first kappa shape index (κ1) is 39.1. The molecule has 0 bridgehead atoms. The molecule has 51 heavy (non-hydrogen) atoms. The van der Waals surface area contributed by atoms with Crippen LogP contribution in [0.5, 0.6) is 11.5 Å². The van der Waals surface area contributed by atoms with Gasteiger partial charge in [-0.05, 0) is 80.1 Å². The smallest absolute Gasteiger partial charge is 0.437 e. The van der Waals surface area contributed by atoms with Gasteiger partial charge in [-0.15, -0.1) is 0 Å². The minimum atomic E-state index is -5.05. The number of benzene rings is 4. The van der Waals surface area contributed by atoms with E-state index in [1.807, 2.05) is 0 Å². The maximum Gasteiger partial charge on any atom is 0.437 e. The fourth-order valence-electron chi connectivity index (χ4n) is 4.20. The number of halogens is 6. The van der Waals surface area contributed by atoms with Crippen molar-refractivity contribution in [3.05, 3.63) is 119 Å². The Labute approximate surface area is 289 Å². The summed E-state index contributed by atoms with van der Waals surface area (Å²) in [6.45, 7) is 3.50. The van der Waals surface area contributed by atoms with Crippen molar-refractivity contribution in [3.63, 3.8) is 0 Å². The Bertz CT molecular complexity index is 2000. The molecule has 0 spiro atoms. The molecule has 0 saturated heterocycles. The Morgan fingerprint density at radius 3 is 1.57 bits per heavy atom. The summed E-state index contributed by atoms with van der Waals surface area (Å²) < 4.78 is 152. The van der Waals surface area contributed by atoms with Gasteiger partial charge in [-0.2, -0.15) is 52.9 Å². The van der Waals surface area contributed by atoms with Crippen molar-refractivity contribution < 1.29 is 61.2 Å². The Balaban J connectivity index is 1.28. The van der Waals surface area contributed by atoms with E-state index in [2.05, 4.69) is 13.7 Å². The van der Waals surface area contributed by atoms with Crippen molar-refractivity contribution in [1.82, 2.24) is 5.48 Å². The number of aryl methyl sites for hydroxylation is 2. The van der Waals surface area contributed by atoms with Gasteiger partial charge in [0.25, 0.3) is 0 Å². The van der Waals surface area contributed by atoms with E-state index in [-0.39, 0.29) is 46.5 Å². The lowest BCUT2D eigenvalue weighted by Gasteiger charge is -2.21. The topological polar surface area (TPSA) is 130 Å². The fourth-order valence-corrected chi connectivity index (χ4v) is 5.71. The first-order valence-corrected chi connectivity index (χ1v) is 17.6. The maximum absolute atomic E-state index is 13.8. The van der Waals surface area contributed by atoms with E-state index in [1.54, 1.807) is 19.3 Å². The van der Waals surface area contributed by atoms with Crippen LogP contribution in [0.1, 0.15) is 34.7 Å². The summed E-state index contributed by atoms with van der Waals surface area (Å²) >= 11 is 0. The SMILES string of the molecule is Cc1ccc(S(=O)(=O)ON=C(c2ccc(OCCCOc3ccc(C(NOS(=O)(=O)c4ccc(C)cc4)C(F)(F)F)cc3)cc2)C(F)(F)F)cc1. The summed E-state index contributed by atoms with van der Waals surface area (Å²) in [7, 11) is -9.15. The second-order valence-electron chi connectivity index (χ2n) is 10.9. The number of oxime groups is 1. The van der Waals surface area contributed by atoms with Crippen LogP contribution in [0.4, 0.5) is 26.3 Å². The molecule has 0 fully saturated rings. The Kier molecular flexibility index (Phi) is 12.4. The van der Waals surface area contributed by atoms with Crippen LogP contribution in [0, 0.1) is 13.8 Å². The summed E-state index contributed by atoms with van der Waals surface area (Å²) in [6.07, 6.45) is -9.71. The normalized spacial score (nSPS) is 13.5. The second kappa shape index (κ2) is 16.1. The number of rotatable bonds is 15. The van der Waals surface area contributed by atoms with E-state index < -0.39 is 49.9 Å². The number of hydrogen-bond donors (Lipinski definition) is 1. The zero-order chi connectivity index (χ0) is 37.5. The zero-order valence-electron chi connectivity index (χ0n) is 26.7. The third-order valence-electron chi connectivity index (χ3n) is 6.88. The summed E-state index contributed by atoms with van der Waals surface area (Å²) in [4.78, 5) is -0.698. The average molecular weight is 761 g/mol. The standard InChI is InChI=1S/C33H30F6N2O8S2/c1-22-4-16-28(17-5-22)50(42,43)48-40-30(32(34,35)36)24-8-12-26(13-9-24)46-20-3-21-47-27-14-10-25(11-15-27)31(33(37,38)39)41-49-51(44,45)29-18-6-23(2)7-19-29/h4-19,30,40H,3,20-21H2,1-2H3. The second-order valence-corrected chi connectivity index (χ2v) is 13.9. The highest BCUT2D eigenvalue weighted by atomic mass is 32.2. The van der Waals surface area contributed by atoms with Gasteiger partial charge in [0.1, 0.15) is 16.4 Å². The largest absolute Gasteiger partial charge is 0.493 e. The van der Waals surface area contributed by atoms with Crippen LogP contribution < -0.4 is 15.0 Å². The van der Waals surface area contributed by atoms with Crippen LogP contribution in [0.3, 0.4) is 0 Å². The summed E-state index contributed by atoms with van der Waals surface area (Å²) in [5.74, 6) is 0.373. The number of nitrogens with zero attached hydrogens (tertiary/aromatic N) is 1. The first-order valence-electron chi connectivity index (χ1n) is 14.8. The predicted molar refractivity (Wildman–Crippen MR) is 172 cm³/mol. The highest BCUT2D eigenvalue weighted by Crippen LogP contribution is 2.34. The molecule has 0 saturated carbocycles. The molecular formula is C33H30F6N2O8S2. The van der Waals surface area contributed by atoms with Gasteiger partial charge in [0.05, 0.1) is 18.1 Å². The molecule has 274 valence electrons. The Hall–Kier alpha value is -4.65. The molecule has 18 heteroatoms. The number of nitrogens with one attached hydrogen (secondary N) is 1. The number of ether oxygens (including phenoxy) is 2. The van der Waals surface area contributed by atoms with Gasteiger partial charge >= 0.3 is 32.6 Å². The number of hydroxylamine groups is 1. The van der Waals surface area contributed by atoms with Crippen LogP contribution >= 0.6 is 0 Å². The lowest BCUT2D eigenvalue weighted by atomic mass is 10.1. The molecule has 0 aromatic heterocycles. The maximum atomic E-state index is 13.8. The van der Waals surface area contributed by atoms with E-state index in [0.29, 0.717) is 0 Å². The zero-order valence-corrected chi connectivity index (χ0v) is 28.4. The summed E-state index contributed by atoms with van der Waals surface area (Å²) in [5, 5.41) is 2.90. The van der Waals surface area contributed by atoms with E-state index in [1.165, 1.54) is 72.8 Å². The number of hydrogen-bond acceptors (Lipinski definition) is 10. The third-order valence-corrected chi connectivity index (χ3v) is 9.17. The van der Waals surface area contributed by atoms with Crippen molar-refractivity contribution in [2.45, 2.75) is 48.5 Å². The average Bonchev–Trinajstić information content (AvgIpc) is 3.05. The van der Waals surface area contributed by atoms with Crippen molar-refractivity contribution in [1.29, 1.82) is 0 Å². The molecule has 1 N–H and O–H groups in total. The first-order chi connectivity index (χ1) is 23.8. The quantitative estimate of drug-likeness (QED) is 0.0573. The molecule has 4 rings (SSSR count). The van der Waals surface area contributed by atoms with Gasteiger partial charge in [0.15, 0.2) is 11.8 Å². The molecule has 0 amide bonds. The van der Waals surface area contributed by atoms with Crippen LogP contribution in [0.15, 0.2) is 112 Å². The lowest BCUT2D eigenvalue weighted by Crippen LogP contribution is -2.35. The van der Waals surface area contributed by atoms with Crippen LogP contribution in [0.2, 0.25) is 0 Å². The van der Waals surface area contributed by atoms with Crippen LogP contribution in [-0.2, 0) is 28.8 Å². The molecule has 10 nitrogen and oxygen atoms in total. The van der Waals surface area contributed by atoms with Gasteiger partial charge in [-0.25, -0.2) is 0 Å². The van der Waals surface area contributed by atoms with Crippen molar-refractivity contribution in [3.8, 4) is 11.5 Å². The van der Waals surface area contributed by atoms with Gasteiger partial charge in [-0.1, -0.05) is 52.7 Å². The van der Waals surface area contributed by atoms with Gasteiger partial charge < -0.3 is 9.47 Å². The van der Waals surface area contributed by atoms with Crippen molar-refractivity contribution in [2.75, 3.05) is 13.2 Å². The minimum absolute atomic E-state index is 0.0441. The monoisotopic (exact) mass is 760 g/mol. The lowest BCUT2D eigenvalue weighted by molar-refractivity contribution is -0.174. The molecule has 0 aliphatic rings. The van der Waals surface area contributed by atoms with Crippen molar-refractivity contribution >= 4 is 25.9 Å². The van der Waals surface area contributed by atoms with Gasteiger partial charge in [0, 0.05) is 12.0 Å². The molecule has 1 unspecified atom stereocenters. The summed E-state index contributed by atoms with van der Waals surface area (Å²) in [5.41, 5.74) is 0.658. The molecular weight excluding hydrogens is 730 g/mol. The van der Waals surface area contributed by atoms with Gasteiger partial charge in [-0.3, -0.25) is 4.28 Å². The molecule has 1 atom stereocenters. The Morgan fingerprint density at radius 2 is 1.12 bits per heavy atom. The van der Waals surface area contributed by atoms with Gasteiger partial charge in [0.2, 0.25) is 0 Å². The molecule has 0 aliphatic carbocycles. The molecule has 4 aromatic carbocycles. The van der Waals surface area contributed by atoms with Crippen LogP contribution in [-0.4, -0.2) is 48.1 Å². The molecule has 0 heterocycles. The molecule has 0 radical (unpaired) electrons. The Morgan fingerprint density at radius 1 is 0.667 bits per heavy atom. The predicted octanol–water partition coefficient (Wildman–Crippen LogP) is 7.34. The van der Waals surface area contributed by atoms with Crippen LogP contribution in [0.25, 0.3) is 0 Å². The minimum Gasteiger partial charge on any atom is -0.493 e. The molecule has 0 aliphatic heterocycles. The fraction of sp³-hybridized carbons (Fsp3) is 0.242. The van der Waals surface area contributed by atoms with E-state index in [0.717, 1.165) is 35.4 Å². The highest BCUT2D eigenvalue weighted by molar-refractivity contribution is 7.87. The van der Waals surface area contributed by atoms with E-state index in [9.17, 15) is 43.2 Å². The highest BCUT2D eigenvalue weighted by Gasteiger charge is 2.42. The van der Waals surface area contributed by atoms with E-state index in [4.69, 9.17) is 9.47 Å². The summed E-state index contributed by atoms with van der Waals surface area (Å²) in [6, 6.07) is 17.3. The van der Waals surface area contributed by atoms with E-state index >= 15 is 0 Å². The number of alkyl halides is 6. The third kappa shape index (κ3) is 11.2.